The Morgan fingerprint density at radius 1 is 1.08 bits per heavy atom. The van der Waals surface area contributed by atoms with Crippen molar-refractivity contribution in [3.63, 3.8) is 0 Å². The Kier molecular flexibility index (Phi) is 10.6. The molecule has 1 aliphatic heterocycles. The summed E-state index contributed by atoms with van der Waals surface area (Å²) in [6.45, 7) is 1.09. The van der Waals surface area contributed by atoms with Gasteiger partial charge in [-0.1, -0.05) is 0 Å². The first-order chi connectivity index (χ1) is 17.7. The summed E-state index contributed by atoms with van der Waals surface area (Å²) >= 11 is 0. The molecule has 1 aliphatic rings. The molecule has 5 atom stereocenters. The predicted molar refractivity (Wildman–Crippen MR) is 123 cm³/mol. The van der Waals surface area contributed by atoms with Crippen molar-refractivity contribution in [2.75, 3.05) is 6.54 Å². The summed E-state index contributed by atoms with van der Waals surface area (Å²) in [5, 5.41) is 32.7. The fourth-order valence-corrected chi connectivity index (χ4v) is 4.19. The topological polar surface area (TPSA) is 199 Å². The second-order valence-electron chi connectivity index (χ2n) is 9.08. The summed E-state index contributed by atoms with van der Waals surface area (Å²) in [5.41, 5.74) is 5.62. The summed E-state index contributed by atoms with van der Waals surface area (Å²) in [4.78, 5) is 60.2. The van der Waals surface area contributed by atoms with Crippen LogP contribution in [0.1, 0.15) is 38.2 Å². The van der Waals surface area contributed by atoms with E-state index in [0.717, 1.165) is 4.90 Å². The monoisotopic (exact) mass is 546 g/mol. The van der Waals surface area contributed by atoms with Gasteiger partial charge in [0.2, 0.25) is 11.8 Å². The van der Waals surface area contributed by atoms with Gasteiger partial charge in [-0.25, -0.2) is 18.0 Å². The average Bonchev–Trinajstić information content (AvgIpc) is 3.22. The maximum atomic E-state index is 13.8. The second kappa shape index (κ2) is 13.2. The Hall–Kier alpha value is -3.72. The number of carbonyl (C=O) groups is 5. The van der Waals surface area contributed by atoms with Gasteiger partial charge in [0.15, 0.2) is 11.6 Å². The zero-order chi connectivity index (χ0) is 28.7. The summed E-state index contributed by atoms with van der Waals surface area (Å²) in [7, 11) is 0. The van der Waals surface area contributed by atoms with Gasteiger partial charge in [0.05, 0.1) is 6.04 Å². The van der Waals surface area contributed by atoms with E-state index in [1.165, 1.54) is 6.92 Å². The Labute approximate surface area is 215 Å². The number of nitrogens with two attached hydrogens (primary N) is 1. The molecular weight excluding hydrogens is 517 g/mol. The molecule has 0 spiro atoms. The molecule has 1 fully saturated rings. The molecule has 1 heterocycles. The van der Waals surface area contributed by atoms with E-state index < -0.39 is 83.8 Å². The van der Waals surface area contributed by atoms with Crippen molar-refractivity contribution in [2.24, 2.45) is 5.73 Å². The number of hydrogen-bond donors (Lipinski definition) is 6. The van der Waals surface area contributed by atoms with E-state index in [-0.39, 0.29) is 37.8 Å². The van der Waals surface area contributed by atoms with E-state index in [1.54, 1.807) is 0 Å². The summed E-state index contributed by atoms with van der Waals surface area (Å²) in [5.74, 6) is -9.03. The SMILES string of the molecule is C[C@H](N[C@@H](CCC(=O)O)C(=O)O)C(=O)N1C[C@@H](NC(=O)C[C@H](N)Cc2cc(F)c(F)cc2F)C[C@H]1C(=O)O. The van der Waals surface area contributed by atoms with Crippen LogP contribution in [0.5, 0.6) is 0 Å². The zero-order valence-electron chi connectivity index (χ0n) is 20.3. The lowest BCUT2D eigenvalue weighted by atomic mass is 10.0. The molecule has 1 aromatic carbocycles. The number of nitrogens with one attached hydrogen (secondary N) is 2. The highest BCUT2D eigenvalue weighted by Gasteiger charge is 2.42. The van der Waals surface area contributed by atoms with E-state index in [4.69, 9.17) is 10.8 Å². The Morgan fingerprint density at radius 2 is 1.71 bits per heavy atom. The molecule has 0 unspecified atom stereocenters. The molecule has 0 saturated carbocycles. The number of likely N-dealkylation sites (tertiary alicyclic amines) is 1. The first-order valence-electron chi connectivity index (χ1n) is 11.6. The highest BCUT2D eigenvalue weighted by molar-refractivity contribution is 5.88. The molecule has 15 heteroatoms. The number of amides is 2. The maximum absolute atomic E-state index is 13.8. The predicted octanol–water partition coefficient (Wildman–Crippen LogP) is -0.170. The second-order valence-corrected chi connectivity index (χ2v) is 9.08. The van der Waals surface area contributed by atoms with E-state index in [9.17, 15) is 47.4 Å². The largest absolute Gasteiger partial charge is 0.481 e. The average molecular weight is 546 g/mol. The summed E-state index contributed by atoms with van der Waals surface area (Å²) in [6.07, 6.45) is -1.57. The molecule has 7 N–H and O–H groups in total. The van der Waals surface area contributed by atoms with Crippen molar-refractivity contribution in [1.29, 1.82) is 0 Å². The molecular formula is C23H29F3N4O8. The van der Waals surface area contributed by atoms with E-state index in [0.29, 0.717) is 12.1 Å². The number of carboxylic acid groups (broad SMARTS) is 3. The first-order valence-corrected chi connectivity index (χ1v) is 11.6. The van der Waals surface area contributed by atoms with Gasteiger partial charge in [0, 0.05) is 44.0 Å². The molecule has 0 aromatic heterocycles. The lowest BCUT2D eigenvalue weighted by Crippen LogP contribution is -2.53. The number of nitrogens with zero attached hydrogens (tertiary/aromatic N) is 1. The number of benzene rings is 1. The molecule has 1 saturated heterocycles. The molecule has 2 amide bonds. The minimum atomic E-state index is -1.38. The fourth-order valence-electron chi connectivity index (χ4n) is 4.19. The van der Waals surface area contributed by atoms with Crippen LogP contribution in [0.15, 0.2) is 12.1 Å². The third-order valence-corrected chi connectivity index (χ3v) is 6.02. The van der Waals surface area contributed by atoms with Gasteiger partial charge >= 0.3 is 17.9 Å². The van der Waals surface area contributed by atoms with Crippen LogP contribution >= 0.6 is 0 Å². The number of carbonyl (C=O) groups excluding carboxylic acids is 2. The Balaban J connectivity index is 1.98. The van der Waals surface area contributed by atoms with Gasteiger partial charge in [0.1, 0.15) is 17.9 Å². The standard InChI is InChI=1S/C23H29F3N4O8/c1-10(28-17(22(35)36)2-3-20(32)33)21(34)30-9-13(7-18(30)23(37)38)29-19(31)6-12(27)4-11-5-15(25)16(26)8-14(11)24/h5,8,10,12-13,17-18,28H,2-4,6-7,9,27H2,1H3,(H,29,31)(H,32,33)(H,35,36)(H,37,38)/t10-,12+,13-,17-,18-/m0/s1. The number of rotatable bonds is 13. The van der Waals surface area contributed by atoms with Crippen molar-refractivity contribution >= 4 is 29.7 Å². The quantitative estimate of drug-likeness (QED) is 0.181. The van der Waals surface area contributed by atoms with Crippen molar-refractivity contribution in [1.82, 2.24) is 15.5 Å². The molecule has 12 nitrogen and oxygen atoms in total. The summed E-state index contributed by atoms with van der Waals surface area (Å²) < 4.78 is 40.3. The van der Waals surface area contributed by atoms with Crippen LogP contribution in [0.3, 0.4) is 0 Å². The van der Waals surface area contributed by atoms with Gasteiger partial charge < -0.3 is 31.3 Å². The zero-order valence-corrected chi connectivity index (χ0v) is 20.3. The van der Waals surface area contributed by atoms with Crippen LogP contribution in [-0.2, 0) is 30.4 Å². The molecule has 38 heavy (non-hydrogen) atoms. The van der Waals surface area contributed by atoms with Crippen LogP contribution in [0.2, 0.25) is 0 Å². The minimum Gasteiger partial charge on any atom is -0.481 e. The third kappa shape index (κ3) is 8.41. The number of aliphatic carboxylic acids is 3. The number of carboxylic acids is 3. The van der Waals surface area contributed by atoms with Crippen LogP contribution in [0.25, 0.3) is 0 Å². The fraction of sp³-hybridized carbons (Fsp3) is 0.522. The first kappa shape index (κ1) is 30.5. The van der Waals surface area contributed by atoms with Gasteiger partial charge in [-0.3, -0.25) is 24.5 Å². The summed E-state index contributed by atoms with van der Waals surface area (Å²) in [6, 6.07) is -4.64. The van der Waals surface area contributed by atoms with Crippen LogP contribution in [0, 0.1) is 17.5 Å². The normalized spacial score (nSPS) is 19.4. The highest BCUT2D eigenvalue weighted by atomic mass is 19.2. The smallest absolute Gasteiger partial charge is 0.326 e. The van der Waals surface area contributed by atoms with Crippen LogP contribution in [0.4, 0.5) is 13.2 Å². The highest BCUT2D eigenvalue weighted by Crippen LogP contribution is 2.21. The number of halogens is 3. The van der Waals surface area contributed by atoms with Gasteiger partial charge in [-0.2, -0.15) is 0 Å². The Morgan fingerprint density at radius 3 is 2.29 bits per heavy atom. The van der Waals surface area contributed by atoms with Crippen LogP contribution in [-0.4, -0.2) is 86.7 Å². The molecule has 1 aromatic rings. The third-order valence-electron chi connectivity index (χ3n) is 6.02. The molecule has 0 radical (unpaired) electrons. The minimum absolute atomic E-state index is 0.159. The van der Waals surface area contributed by atoms with E-state index in [1.807, 2.05) is 0 Å². The molecule has 0 aliphatic carbocycles. The van der Waals surface area contributed by atoms with Gasteiger partial charge in [-0.15, -0.1) is 0 Å². The molecule has 2 rings (SSSR count). The lowest BCUT2D eigenvalue weighted by molar-refractivity contribution is -0.149. The van der Waals surface area contributed by atoms with Crippen molar-refractivity contribution in [3.8, 4) is 0 Å². The Bertz CT molecular complexity index is 1090. The molecule has 210 valence electrons. The van der Waals surface area contributed by atoms with E-state index >= 15 is 0 Å². The van der Waals surface area contributed by atoms with Gasteiger partial charge in [-0.05, 0) is 31.4 Å². The molecule has 0 bridgehead atoms. The van der Waals surface area contributed by atoms with Crippen molar-refractivity contribution in [3.05, 3.63) is 35.1 Å². The van der Waals surface area contributed by atoms with E-state index in [2.05, 4.69) is 10.6 Å². The number of hydrogen-bond acceptors (Lipinski definition) is 7. The van der Waals surface area contributed by atoms with Crippen LogP contribution < -0.4 is 16.4 Å². The maximum Gasteiger partial charge on any atom is 0.326 e. The lowest BCUT2D eigenvalue weighted by Gasteiger charge is -2.27. The van der Waals surface area contributed by atoms with Crippen molar-refractivity contribution in [2.45, 2.75) is 69.2 Å². The van der Waals surface area contributed by atoms with Gasteiger partial charge in [0.25, 0.3) is 0 Å². The van der Waals surface area contributed by atoms with Crippen molar-refractivity contribution < 1.29 is 52.5 Å².